The van der Waals surface area contributed by atoms with E-state index in [0.717, 1.165) is 38.8 Å². The molecule has 1 aromatic heterocycles. The molecule has 0 radical (unpaired) electrons. The molecule has 4 rings (SSSR count). The Kier molecular flexibility index (Phi) is 5.35. The van der Waals surface area contributed by atoms with E-state index in [1.165, 1.54) is 37.0 Å². The van der Waals surface area contributed by atoms with E-state index in [1.807, 2.05) is 11.0 Å². The normalized spacial score (nSPS) is 27.5. The van der Waals surface area contributed by atoms with Crippen LogP contribution in [0, 0.1) is 5.41 Å². The van der Waals surface area contributed by atoms with Crippen molar-refractivity contribution in [3.8, 4) is 0 Å². The predicted octanol–water partition coefficient (Wildman–Crippen LogP) is 3.85. The van der Waals surface area contributed by atoms with Crippen molar-refractivity contribution in [3.05, 3.63) is 22.4 Å². The predicted molar refractivity (Wildman–Crippen MR) is 104 cm³/mol. The molecule has 26 heavy (non-hydrogen) atoms. The lowest BCUT2D eigenvalue weighted by Gasteiger charge is -2.44. The van der Waals surface area contributed by atoms with E-state index in [1.54, 1.807) is 11.3 Å². The lowest BCUT2D eigenvalue weighted by molar-refractivity contribution is -0.149. The SMILES string of the molecule is O=C(CCc1cccs1)N1CC[C@@]2(CCCN(C3CCCCC3)C2=O)C1. The minimum absolute atomic E-state index is 0.220. The van der Waals surface area contributed by atoms with Crippen molar-refractivity contribution in [2.75, 3.05) is 19.6 Å². The molecule has 2 aliphatic heterocycles. The molecule has 0 unspecified atom stereocenters. The van der Waals surface area contributed by atoms with Gasteiger partial charge in [-0.05, 0) is 50.0 Å². The summed E-state index contributed by atoms with van der Waals surface area (Å²) in [4.78, 5) is 31.4. The number of likely N-dealkylation sites (tertiary alicyclic amines) is 2. The Balaban J connectivity index is 1.37. The largest absolute Gasteiger partial charge is 0.342 e. The number of hydrogen-bond donors (Lipinski definition) is 0. The summed E-state index contributed by atoms with van der Waals surface area (Å²) in [7, 11) is 0. The standard InChI is InChI=1S/C21H30N2O2S/c24-19(10-9-18-8-4-15-26-18)22-14-12-21(16-22)11-5-13-23(20(21)25)17-6-2-1-3-7-17/h4,8,15,17H,1-3,5-7,9-14,16H2/t21-/m0/s1. The second kappa shape index (κ2) is 7.71. The van der Waals surface area contributed by atoms with Gasteiger partial charge in [0.25, 0.3) is 0 Å². The Morgan fingerprint density at radius 3 is 2.77 bits per heavy atom. The number of amides is 2. The Bertz CT molecular complexity index is 638. The molecule has 3 aliphatic rings. The number of thiophene rings is 1. The van der Waals surface area contributed by atoms with Crippen molar-refractivity contribution in [1.29, 1.82) is 0 Å². The first-order chi connectivity index (χ1) is 12.7. The minimum atomic E-state index is -0.283. The van der Waals surface area contributed by atoms with Gasteiger partial charge in [0.2, 0.25) is 11.8 Å². The third-order valence-electron chi connectivity index (χ3n) is 6.66. The zero-order chi connectivity index (χ0) is 18.0. The van der Waals surface area contributed by atoms with Gasteiger partial charge in [-0.15, -0.1) is 11.3 Å². The molecule has 1 aliphatic carbocycles. The quantitative estimate of drug-likeness (QED) is 0.803. The zero-order valence-electron chi connectivity index (χ0n) is 15.6. The van der Waals surface area contributed by atoms with E-state index in [9.17, 15) is 9.59 Å². The third-order valence-corrected chi connectivity index (χ3v) is 7.59. The van der Waals surface area contributed by atoms with Crippen LogP contribution in [0.3, 0.4) is 0 Å². The second-order valence-corrected chi connectivity index (χ2v) is 9.35. The third kappa shape index (κ3) is 3.55. The van der Waals surface area contributed by atoms with Crippen LogP contribution in [-0.2, 0) is 16.0 Å². The van der Waals surface area contributed by atoms with E-state index in [4.69, 9.17) is 0 Å². The summed E-state index contributed by atoms with van der Waals surface area (Å²) in [5, 5.41) is 2.06. The van der Waals surface area contributed by atoms with E-state index in [2.05, 4.69) is 16.3 Å². The zero-order valence-corrected chi connectivity index (χ0v) is 16.4. The molecule has 3 fully saturated rings. The van der Waals surface area contributed by atoms with Crippen molar-refractivity contribution in [2.24, 2.45) is 5.41 Å². The fraction of sp³-hybridized carbons (Fsp3) is 0.714. The Morgan fingerprint density at radius 1 is 1.15 bits per heavy atom. The lowest BCUT2D eigenvalue weighted by Crippen LogP contribution is -2.54. The maximum absolute atomic E-state index is 13.4. The fourth-order valence-electron chi connectivity index (χ4n) is 5.15. The van der Waals surface area contributed by atoms with Crippen LogP contribution >= 0.6 is 11.3 Å². The van der Waals surface area contributed by atoms with Crippen molar-refractivity contribution in [3.63, 3.8) is 0 Å². The van der Waals surface area contributed by atoms with Crippen LogP contribution in [0.15, 0.2) is 17.5 Å². The van der Waals surface area contributed by atoms with Crippen molar-refractivity contribution in [1.82, 2.24) is 9.80 Å². The molecule has 0 N–H and O–H groups in total. The minimum Gasteiger partial charge on any atom is -0.342 e. The van der Waals surface area contributed by atoms with E-state index >= 15 is 0 Å². The molecular weight excluding hydrogens is 344 g/mol. The molecule has 4 nitrogen and oxygen atoms in total. The Morgan fingerprint density at radius 2 is 2.00 bits per heavy atom. The monoisotopic (exact) mass is 374 g/mol. The summed E-state index contributed by atoms with van der Waals surface area (Å²) in [5.41, 5.74) is -0.283. The van der Waals surface area contributed by atoms with Gasteiger partial charge in [-0.3, -0.25) is 9.59 Å². The Labute approximate surface area is 160 Å². The number of carbonyl (C=O) groups is 2. The van der Waals surface area contributed by atoms with Gasteiger partial charge in [0, 0.05) is 37.0 Å². The summed E-state index contributed by atoms with van der Waals surface area (Å²) < 4.78 is 0. The van der Waals surface area contributed by atoms with Crippen LogP contribution in [0.25, 0.3) is 0 Å². The maximum atomic E-state index is 13.4. The Hall–Kier alpha value is -1.36. The van der Waals surface area contributed by atoms with Crippen LogP contribution < -0.4 is 0 Å². The first kappa shape index (κ1) is 18.0. The van der Waals surface area contributed by atoms with Gasteiger partial charge in [0.05, 0.1) is 5.41 Å². The van der Waals surface area contributed by atoms with Gasteiger partial charge in [-0.2, -0.15) is 0 Å². The molecule has 1 aromatic rings. The molecule has 1 atom stereocenters. The number of rotatable bonds is 4. The summed E-state index contributed by atoms with van der Waals surface area (Å²) in [6.07, 6.45) is 10.5. The van der Waals surface area contributed by atoms with Crippen LogP contribution in [0.4, 0.5) is 0 Å². The number of carbonyl (C=O) groups excluding carboxylic acids is 2. The number of aryl methyl sites for hydroxylation is 1. The summed E-state index contributed by atoms with van der Waals surface area (Å²) >= 11 is 1.71. The van der Waals surface area contributed by atoms with E-state index < -0.39 is 0 Å². The molecule has 2 saturated heterocycles. The van der Waals surface area contributed by atoms with E-state index in [-0.39, 0.29) is 11.3 Å². The molecule has 1 saturated carbocycles. The smallest absolute Gasteiger partial charge is 0.230 e. The molecule has 142 valence electrons. The highest BCUT2D eigenvalue weighted by molar-refractivity contribution is 7.09. The van der Waals surface area contributed by atoms with Gasteiger partial charge >= 0.3 is 0 Å². The highest BCUT2D eigenvalue weighted by Gasteiger charge is 2.50. The summed E-state index contributed by atoms with van der Waals surface area (Å²) in [6.45, 7) is 2.34. The number of piperidine rings is 1. The second-order valence-electron chi connectivity index (χ2n) is 8.32. The highest BCUT2D eigenvalue weighted by atomic mass is 32.1. The molecule has 0 bridgehead atoms. The fourth-order valence-corrected chi connectivity index (χ4v) is 5.86. The molecule has 3 heterocycles. The highest BCUT2D eigenvalue weighted by Crippen LogP contribution is 2.42. The number of hydrogen-bond acceptors (Lipinski definition) is 3. The van der Waals surface area contributed by atoms with Crippen LogP contribution in [0.5, 0.6) is 0 Å². The molecular formula is C21H30N2O2S. The van der Waals surface area contributed by atoms with E-state index in [0.29, 0.717) is 24.9 Å². The van der Waals surface area contributed by atoms with Gasteiger partial charge in [-0.25, -0.2) is 0 Å². The van der Waals surface area contributed by atoms with Gasteiger partial charge in [-0.1, -0.05) is 25.3 Å². The van der Waals surface area contributed by atoms with Crippen molar-refractivity contribution < 1.29 is 9.59 Å². The van der Waals surface area contributed by atoms with Gasteiger partial charge in [0.15, 0.2) is 0 Å². The molecule has 0 aromatic carbocycles. The first-order valence-corrected chi connectivity index (χ1v) is 11.2. The van der Waals surface area contributed by atoms with Crippen molar-refractivity contribution in [2.45, 2.75) is 70.3 Å². The molecule has 2 amide bonds. The van der Waals surface area contributed by atoms with Crippen LogP contribution in [-0.4, -0.2) is 47.3 Å². The average molecular weight is 375 g/mol. The lowest BCUT2D eigenvalue weighted by atomic mass is 9.77. The average Bonchev–Trinajstić information content (AvgIpc) is 3.34. The van der Waals surface area contributed by atoms with Gasteiger partial charge in [0.1, 0.15) is 0 Å². The van der Waals surface area contributed by atoms with Crippen molar-refractivity contribution >= 4 is 23.2 Å². The molecule has 1 spiro atoms. The van der Waals surface area contributed by atoms with Crippen LogP contribution in [0.1, 0.15) is 62.7 Å². The summed E-state index contributed by atoms with van der Waals surface area (Å²) in [5.74, 6) is 0.571. The maximum Gasteiger partial charge on any atom is 0.230 e. The summed E-state index contributed by atoms with van der Waals surface area (Å²) in [6, 6.07) is 4.59. The topological polar surface area (TPSA) is 40.6 Å². The first-order valence-electron chi connectivity index (χ1n) is 10.3. The molecule has 5 heteroatoms. The number of nitrogens with zero attached hydrogens (tertiary/aromatic N) is 2. The van der Waals surface area contributed by atoms with Crippen LogP contribution in [0.2, 0.25) is 0 Å². The van der Waals surface area contributed by atoms with Gasteiger partial charge < -0.3 is 9.80 Å².